The number of hydrogen-bond acceptors (Lipinski definition) is 4. The Balaban J connectivity index is 2.04. The highest BCUT2D eigenvalue weighted by molar-refractivity contribution is 7.92. The van der Waals surface area contributed by atoms with Crippen LogP contribution in [-0.2, 0) is 9.84 Å². The Morgan fingerprint density at radius 3 is 2.58 bits per heavy atom. The molecule has 104 valence electrons. The van der Waals surface area contributed by atoms with Crippen LogP contribution in [0.15, 0.2) is 24.5 Å². The van der Waals surface area contributed by atoms with E-state index >= 15 is 0 Å². The van der Waals surface area contributed by atoms with Crippen molar-refractivity contribution in [1.82, 2.24) is 10.3 Å². The second kappa shape index (κ2) is 4.92. The van der Waals surface area contributed by atoms with Crippen LogP contribution in [0.2, 0.25) is 0 Å². The Morgan fingerprint density at radius 1 is 1.37 bits per heavy atom. The second-order valence-electron chi connectivity index (χ2n) is 5.48. The van der Waals surface area contributed by atoms with Crippen molar-refractivity contribution in [2.24, 2.45) is 0 Å². The first-order chi connectivity index (χ1) is 8.82. The number of carbonyl (C=O) groups is 1. The lowest BCUT2D eigenvalue weighted by Gasteiger charge is -2.35. The van der Waals surface area contributed by atoms with Crippen LogP contribution in [0.3, 0.4) is 0 Å². The highest BCUT2D eigenvalue weighted by atomic mass is 32.2. The largest absolute Gasteiger partial charge is 0.349 e. The van der Waals surface area contributed by atoms with Crippen molar-refractivity contribution in [2.45, 2.75) is 37.5 Å². The Hall–Kier alpha value is -1.43. The van der Waals surface area contributed by atoms with Gasteiger partial charge in [0.05, 0.1) is 10.5 Å². The van der Waals surface area contributed by atoms with Crippen molar-refractivity contribution in [1.29, 1.82) is 0 Å². The lowest BCUT2D eigenvalue weighted by atomic mass is 9.99. The average molecular weight is 282 g/mol. The molecule has 19 heavy (non-hydrogen) atoms. The van der Waals surface area contributed by atoms with Gasteiger partial charge in [0.25, 0.3) is 5.91 Å². The molecule has 0 spiro atoms. The van der Waals surface area contributed by atoms with E-state index in [4.69, 9.17) is 0 Å². The molecule has 0 aliphatic carbocycles. The summed E-state index contributed by atoms with van der Waals surface area (Å²) >= 11 is 0. The Bertz CT molecular complexity index is 567. The molecule has 1 atom stereocenters. The SMILES string of the molecule is CC1(C)CC(NC(=O)c2ccncc2)CCS1(=O)=O. The lowest BCUT2D eigenvalue weighted by Crippen LogP contribution is -2.49. The quantitative estimate of drug-likeness (QED) is 0.883. The number of hydrogen-bond donors (Lipinski definition) is 1. The molecule has 6 heteroatoms. The molecule has 1 amide bonds. The van der Waals surface area contributed by atoms with E-state index in [0.29, 0.717) is 18.4 Å². The summed E-state index contributed by atoms with van der Waals surface area (Å²) in [6, 6.07) is 3.18. The molecule has 1 aromatic rings. The zero-order valence-corrected chi connectivity index (χ0v) is 11.9. The summed E-state index contributed by atoms with van der Waals surface area (Å²) in [4.78, 5) is 15.9. The van der Waals surface area contributed by atoms with Crippen molar-refractivity contribution in [3.8, 4) is 0 Å². The van der Waals surface area contributed by atoms with Gasteiger partial charge >= 0.3 is 0 Å². The minimum absolute atomic E-state index is 0.0980. The van der Waals surface area contributed by atoms with Crippen LogP contribution in [0, 0.1) is 0 Å². The Labute approximate surface area is 113 Å². The third-order valence-corrected chi connectivity index (χ3v) is 6.22. The smallest absolute Gasteiger partial charge is 0.251 e. The van der Waals surface area contributed by atoms with Gasteiger partial charge in [-0.3, -0.25) is 9.78 Å². The third-order valence-electron chi connectivity index (χ3n) is 3.59. The first-order valence-corrected chi connectivity index (χ1v) is 7.90. The lowest BCUT2D eigenvalue weighted by molar-refractivity contribution is 0.0930. The van der Waals surface area contributed by atoms with Crippen LogP contribution >= 0.6 is 0 Å². The van der Waals surface area contributed by atoms with Crippen molar-refractivity contribution >= 4 is 15.7 Å². The van der Waals surface area contributed by atoms with Crippen molar-refractivity contribution in [2.75, 3.05) is 5.75 Å². The van der Waals surface area contributed by atoms with E-state index in [0.717, 1.165) is 0 Å². The van der Waals surface area contributed by atoms with E-state index in [1.54, 1.807) is 38.4 Å². The van der Waals surface area contributed by atoms with Gasteiger partial charge in [0.15, 0.2) is 9.84 Å². The van der Waals surface area contributed by atoms with Gasteiger partial charge in [0.1, 0.15) is 0 Å². The molecule has 0 radical (unpaired) electrons. The summed E-state index contributed by atoms with van der Waals surface area (Å²) in [6.07, 6.45) is 4.04. The highest BCUT2D eigenvalue weighted by Gasteiger charge is 2.41. The van der Waals surface area contributed by atoms with Crippen LogP contribution in [-0.4, -0.2) is 35.9 Å². The maximum Gasteiger partial charge on any atom is 0.251 e. The summed E-state index contributed by atoms with van der Waals surface area (Å²) in [5.41, 5.74) is 0.543. The molecular weight excluding hydrogens is 264 g/mol. The molecular formula is C13H18N2O3S. The number of carbonyl (C=O) groups excluding carboxylic acids is 1. The fourth-order valence-electron chi connectivity index (χ4n) is 2.29. The van der Waals surface area contributed by atoms with Gasteiger partial charge in [-0.15, -0.1) is 0 Å². The summed E-state index contributed by atoms with van der Waals surface area (Å²) in [5.74, 6) is -0.0520. The Kier molecular flexibility index (Phi) is 3.62. The fraction of sp³-hybridized carbons (Fsp3) is 0.538. The zero-order chi connectivity index (χ0) is 14.1. The van der Waals surface area contributed by atoms with E-state index in [2.05, 4.69) is 10.3 Å². The zero-order valence-electron chi connectivity index (χ0n) is 11.1. The monoisotopic (exact) mass is 282 g/mol. The fourth-order valence-corrected chi connectivity index (χ4v) is 3.89. The molecule has 0 saturated carbocycles. The van der Waals surface area contributed by atoms with Gasteiger partial charge < -0.3 is 5.32 Å². The molecule has 1 fully saturated rings. The van der Waals surface area contributed by atoms with Crippen molar-refractivity contribution < 1.29 is 13.2 Å². The van der Waals surface area contributed by atoms with Crippen LogP contribution in [0.5, 0.6) is 0 Å². The van der Waals surface area contributed by atoms with Crippen LogP contribution in [0.1, 0.15) is 37.0 Å². The van der Waals surface area contributed by atoms with E-state index in [1.165, 1.54) is 0 Å². The number of amides is 1. The summed E-state index contributed by atoms with van der Waals surface area (Å²) < 4.78 is 23.0. The minimum Gasteiger partial charge on any atom is -0.349 e. The predicted molar refractivity (Wildman–Crippen MR) is 72.6 cm³/mol. The van der Waals surface area contributed by atoms with Crippen molar-refractivity contribution in [3.05, 3.63) is 30.1 Å². The third kappa shape index (κ3) is 2.94. The van der Waals surface area contributed by atoms with E-state index < -0.39 is 14.6 Å². The first-order valence-electron chi connectivity index (χ1n) is 6.25. The van der Waals surface area contributed by atoms with Crippen LogP contribution in [0.4, 0.5) is 0 Å². The molecule has 0 aromatic carbocycles. The number of aromatic nitrogens is 1. The molecule has 2 rings (SSSR count). The van der Waals surface area contributed by atoms with E-state index in [1.807, 2.05) is 0 Å². The normalized spacial score (nSPS) is 24.6. The second-order valence-corrected chi connectivity index (χ2v) is 8.22. The van der Waals surface area contributed by atoms with Gasteiger partial charge in [-0.05, 0) is 38.8 Å². The molecule has 0 bridgehead atoms. The van der Waals surface area contributed by atoms with Gasteiger partial charge in [0.2, 0.25) is 0 Å². The number of rotatable bonds is 2. The van der Waals surface area contributed by atoms with E-state index in [-0.39, 0.29) is 17.7 Å². The maximum atomic E-state index is 12.0. The van der Waals surface area contributed by atoms with Crippen molar-refractivity contribution in [3.63, 3.8) is 0 Å². The highest BCUT2D eigenvalue weighted by Crippen LogP contribution is 2.30. The minimum atomic E-state index is -3.06. The van der Waals surface area contributed by atoms with Gasteiger partial charge in [-0.1, -0.05) is 0 Å². The van der Waals surface area contributed by atoms with Gasteiger partial charge in [0, 0.05) is 24.0 Å². The summed E-state index contributed by atoms with van der Waals surface area (Å²) in [5, 5.41) is 2.90. The van der Waals surface area contributed by atoms with Crippen LogP contribution in [0.25, 0.3) is 0 Å². The molecule has 5 nitrogen and oxygen atoms in total. The van der Waals surface area contributed by atoms with Gasteiger partial charge in [-0.25, -0.2) is 8.42 Å². The molecule has 1 saturated heterocycles. The first kappa shape index (κ1) is 14.0. The molecule has 1 N–H and O–H groups in total. The summed E-state index contributed by atoms with van der Waals surface area (Å²) in [6.45, 7) is 3.43. The number of pyridine rings is 1. The number of nitrogens with zero attached hydrogens (tertiary/aromatic N) is 1. The average Bonchev–Trinajstić information content (AvgIpc) is 2.35. The summed E-state index contributed by atoms with van der Waals surface area (Å²) in [7, 11) is -3.06. The predicted octanol–water partition coefficient (Wildman–Crippen LogP) is 1.17. The molecule has 1 unspecified atom stereocenters. The molecule has 1 aromatic heterocycles. The maximum absolute atomic E-state index is 12.0. The Morgan fingerprint density at radius 2 is 2.00 bits per heavy atom. The number of nitrogens with one attached hydrogen (secondary N) is 1. The molecule has 2 heterocycles. The molecule has 1 aliphatic heterocycles. The molecule has 1 aliphatic rings. The number of sulfone groups is 1. The standard InChI is InChI=1S/C13H18N2O3S/c1-13(2)9-11(5-8-19(13,17)18)15-12(16)10-3-6-14-7-4-10/h3-4,6-7,11H,5,8-9H2,1-2H3,(H,15,16). The van der Waals surface area contributed by atoms with E-state index in [9.17, 15) is 13.2 Å². The van der Waals surface area contributed by atoms with Crippen LogP contribution < -0.4 is 5.32 Å². The topological polar surface area (TPSA) is 76.1 Å². The van der Waals surface area contributed by atoms with Gasteiger partial charge in [-0.2, -0.15) is 0 Å².